The van der Waals surface area contributed by atoms with Crippen LogP contribution >= 0.6 is 11.5 Å². The lowest BCUT2D eigenvalue weighted by Gasteiger charge is -1.99. The third kappa shape index (κ3) is 1.71. The summed E-state index contributed by atoms with van der Waals surface area (Å²) in [4.78, 5) is 0. The molecule has 1 aromatic carbocycles. The van der Waals surface area contributed by atoms with Crippen LogP contribution in [0.15, 0.2) is 24.3 Å². The molecule has 0 aliphatic carbocycles. The third-order valence-electron chi connectivity index (χ3n) is 1.94. The van der Waals surface area contributed by atoms with Gasteiger partial charge < -0.3 is 5.11 Å². The van der Waals surface area contributed by atoms with Crippen molar-refractivity contribution in [3.05, 3.63) is 30.0 Å². The number of benzene rings is 1. The molecule has 1 atom stereocenters. The second kappa shape index (κ2) is 3.44. The molecule has 2 nitrogen and oxygen atoms in total. The van der Waals surface area contributed by atoms with Crippen molar-refractivity contribution in [2.24, 2.45) is 0 Å². The fourth-order valence-corrected chi connectivity index (χ4v) is 2.17. The van der Waals surface area contributed by atoms with Crippen molar-refractivity contribution in [2.75, 3.05) is 0 Å². The minimum atomic E-state index is -0.314. The first-order valence-corrected chi connectivity index (χ1v) is 5.06. The first kappa shape index (κ1) is 8.66. The highest BCUT2D eigenvalue weighted by Gasteiger charge is 2.07. The van der Waals surface area contributed by atoms with Gasteiger partial charge in [0.1, 0.15) is 0 Å². The summed E-state index contributed by atoms with van der Waals surface area (Å²) in [5.74, 6) is 0. The van der Waals surface area contributed by atoms with E-state index in [4.69, 9.17) is 0 Å². The van der Waals surface area contributed by atoms with E-state index < -0.39 is 0 Å². The SMILES string of the molecule is CC(O)Cc1nsc2ccccc12. The van der Waals surface area contributed by atoms with E-state index in [1.54, 1.807) is 6.92 Å². The van der Waals surface area contributed by atoms with Crippen LogP contribution in [0.5, 0.6) is 0 Å². The number of aliphatic hydroxyl groups excluding tert-OH is 1. The van der Waals surface area contributed by atoms with Crippen LogP contribution in [0.4, 0.5) is 0 Å². The Morgan fingerprint density at radius 3 is 3.00 bits per heavy atom. The number of aromatic nitrogens is 1. The van der Waals surface area contributed by atoms with Gasteiger partial charge in [0.05, 0.1) is 16.5 Å². The monoisotopic (exact) mass is 193 g/mol. The molecule has 0 amide bonds. The molecule has 13 heavy (non-hydrogen) atoms. The minimum Gasteiger partial charge on any atom is -0.393 e. The number of fused-ring (bicyclic) bond motifs is 1. The molecule has 0 spiro atoms. The summed E-state index contributed by atoms with van der Waals surface area (Å²) >= 11 is 1.49. The highest BCUT2D eigenvalue weighted by molar-refractivity contribution is 7.13. The molecule has 2 aromatic rings. The molecule has 2 rings (SSSR count). The van der Waals surface area contributed by atoms with Crippen LogP contribution in [0.1, 0.15) is 12.6 Å². The van der Waals surface area contributed by atoms with E-state index in [9.17, 15) is 5.11 Å². The van der Waals surface area contributed by atoms with Gasteiger partial charge in [0, 0.05) is 11.8 Å². The molecule has 68 valence electrons. The highest BCUT2D eigenvalue weighted by Crippen LogP contribution is 2.22. The summed E-state index contributed by atoms with van der Waals surface area (Å²) in [6.07, 6.45) is 0.329. The zero-order valence-electron chi connectivity index (χ0n) is 7.40. The average Bonchev–Trinajstić information content (AvgIpc) is 2.48. The standard InChI is InChI=1S/C10H11NOS/c1-7(12)6-9-8-4-2-3-5-10(8)13-11-9/h2-5,7,12H,6H2,1H3. The predicted molar refractivity (Wildman–Crippen MR) is 55.0 cm³/mol. The Morgan fingerprint density at radius 1 is 1.46 bits per heavy atom. The van der Waals surface area contributed by atoms with E-state index in [0.717, 1.165) is 5.69 Å². The van der Waals surface area contributed by atoms with Crippen molar-refractivity contribution in [2.45, 2.75) is 19.4 Å². The van der Waals surface area contributed by atoms with Gasteiger partial charge in [-0.25, -0.2) is 0 Å². The first-order chi connectivity index (χ1) is 6.27. The zero-order valence-corrected chi connectivity index (χ0v) is 8.21. The van der Waals surface area contributed by atoms with Crippen LogP contribution in [0.25, 0.3) is 10.1 Å². The Morgan fingerprint density at radius 2 is 2.23 bits per heavy atom. The topological polar surface area (TPSA) is 33.1 Å². The normalized spacial score (nSPS) is 13.4. The number of rotatable bonds is 2. The molecule has 1 heterocycles. The average molecular weight is 193 g/mol. The number of hydrogen-bond donors (Lipinski definition) is 1. The maximum absolute atomic E-state index is 9.25. The largest absolute Gasteiger partial charge is 0.393 e. The molecule has 0 aliphatic heterocycles. The number of nitrogens with zero attached hydrogens (tertiary/aromatic N) is 1. The summed E-state index contributed by atoms with van der Waals surface area (Å²) in [6, 6.07) is 8.12. The minimum absolute atomic E-state index is 0.314. The summed E-state index contributed by atoms with van der Waals surface area (Å²) in [6.45, 7) is 1.79. The van der Waals surface area contributed by atoms with E-state index in [1.807, 2.05) is 12.1 Å². The summed E-state index contributed by atoms with van der Waals surface area (Å²) in [7, 11) is 0. The van der Waals surface area contributed by atoms with Crippen molar-refractivity contribution in [1.29, 1.82) is 0 Å². The van der Waals surface area contributed by atoms with Crippen LogP contribution < -0.4 is 0 Å². The van der Waals surface area contributed by atoms with Crippen LogP contribution in [0.3, 0.4) is 0 Å². The summed E-state index contributed by atoms with van der Waals surface area (Å²) in [5.41, 5.74) is 1.01. The Labute approximate surface area is 81.0 Å². The molecular formula is C10H11NOS. The van der Waals surface area contributed by atoms with Gasteiger partial charge in [-0.05, 0) is 24.5 Å². The van der Waals surface area contributed by atoms with Gasteiger partial charge in [0.2, 0.25) is 0 Å². The molecular weight excluding hydrogens is 182 g/mol. The molecule has 0 bridgehead atoms. The predicted octanol–water partition coefficient (Wildman–Crippen LogP) is 2.22. The van der Waals surface area contributed by atoms with Crippen LogP contribution in [0, 0.1) is 0 Å². The second-order valence-electron chi connectivity index (χ2n) is 3.18. The molecule has 0 fully saturated rings. The van der Waals surface area contributed by atoms with Crippen molar-refractivity contribution in [1.82, 2.24) is 4.37 Å². The zero-order chi connectivity index (χ0) is 9.26. The Bertz CT molecular complexity index is 408. The van der Waals surface area contributed by atoms with Crippen LogP contribution in [0.2, 0.25) is 0 Å². The van der Waals surface area contributed by atoms with E-state index in [-0.39, 0.29) is 6.10 Å². The Balaban J connectivity index is 2.46. The number of hydrogen-bond acceptors (Lipinski definition) is 3. The van der Waals surface area contributed by atoms with Crippen molar-refractivity contribution < 1.29 is 5.11 Å². The van der Waals surface area contributed by atoms with Crippen LogP contribution in [-0.2, 0) is 6.42 Å². The van der Waals surface area contributed by atoms with Gasteiger partial charge in [-0.15, -0.1) is 0 Å². The maximum atomic E-state index is 9.25. The fraction of sp³-hybridized carbons (Fsp3) is 0.300. The van der Waals surface area contributed by atoms with E-state index >= 15 is 0 Å². The lowest BCUT2D eigenvalue weighted by Crippen LogP contribution is -2.04. The quantitative estimate of drug-likeness (QED) is 0.793. The van der Waals surface area contributed by atoms with Crippen molar-refractivity contribution in [3.8, 4) is 0 Å². The van der Waals surface area contributed by atoms with Crippen LogP contribution in [-0.4, -0.2) is 15.6 Å². The van der Waals surface area contributed by atoms with Gasteiger partial charge in [-0.3, -0.25) is 0 Å². The van der Waals surface area contributed by atoms with E-state index in [0.29, 0.717) is 6.42 Å². The first-order valence-electron chi connectivity index (χ1n) is 4.29. The summed E-state index contributed by atoms with van der Waals surface area (Å²) in [5, 5.41) is 10.4. The lowest BCUT2D eigenvalue weighted by atomic mass is 10.1. The highest BCUT2D eigenvalue weighted by atomic mass is 32.1. The van der Waals surface area contributed by atoms with E-state index in [2.05, 4.69) is 16.5 Å². The number of aliphatic hydroxyl groups is 1. The second-order valence-corrected chi connectivity index (χ2v) is 3.98. The summed E-state index contributed by atoms with van der Waals surface area (Å²) < 4.78 is 5.51. The smallest absolute Gasteiger partial charge is 0.0646 e. The molecule has 1 aromatic heterocycles. The maximum Gasteiger partial charge on any atom is 0.0646 e. The van der Waals surface area contributed by atoms with Gasteiger partial charge >= 0.3 is 0 Å². The van der Waals surface area contributed by atoms with Gasteiger partial charge in [-0.2, -0.15) is 4.37 Å². The molecule has 0 radical (unpaired) electrons. The van der Waals surface area contributed by atoms with Gasteiger partial charge in [0.25, 0.3) is 0 Å². The van der Waals surface area contributed by atoms with Gasteiger partial charge in [-0.1, -0.05) is 18.2 Å². The van der Waals surface area contributed by atoms with E-state index in [1.165, 1.54) is 21.6 Å². The van der Waals surface area contributed by atoms with Gasteiger partial charge in [0.15, 0.2) is 0 Å². The molecule has 0 saturated heterocycles. The molecule has 3 heteroatoms. The van der Waals surface area contributed by atoms with Crippen molar-refractivity contribution >= 4 is 21.6 Å². The third-order valence-corrected chi connectivity index (χ3v) is 2.81. The molecule has 1 N–H and O–H groups in total. The Kier molecular flexibility index (Phi) is 2.29. The fourth-order valence-electron chi connectivity index (χ4n) is 1.37. The van der Waals surface area contributed by atoms with Crippen molar-refractivity contribution in [3.63, 3.8) is 0 Å². The Hall–Kier alpha value is -0.930. The molecule has 1 unspecified atom stereocenters. The lowest BCUT2D eigenvalue weighted by molar-refractivity contribution is 0.195. The molecule has 0 saturated carbocycles. The molecule has 0 aliphatic rings.